The fourth-order valence-corrected chi connectivity index (χ4v) is 2.22. The van der Waals surface area contributed by atoms with E-state index in [0.717, 1.165) is 30.9 Å². The molecule has 2 aromatic heterocycles. The Balaban J connectivity index is 1.98. The van der Waals surface area contributed by atoms with Gasteiger partial charge in [-0.2, -0.15) is 10.2 Å². The molecule has 0 saturated carbocycles. The van der Waals surface area contributed by atoms with Crippen molar-refractivity contribution in [3.63, 3.8) is 0 Å². The zero-order valence-corrected chi connectivity index (χ0v) is 11.4. The summed E-state index contributed by atoms with van der Waals surface area (Å²) >= 11 is 5.11. The molecule has 0 atom stereocenters. The molecule has 98 valence electrons. The second kappa shape index (κ2) is 5.45. The van der Waals surface area contributed by atoms with Crippen LogP contribution in [0.1, 0.15) is 23.6 Å². The first kappa shape index (κ1) is 13.0. The summed E-state index contributed by atoms with van der Waals surface area (Å²) in [6, 6.07) is 2.06. The summed E-state index contributed by atoms with van der Waals surface area (Å²) in [4.78, 5) is 0. The zero-order chi connectivity index (χ0) is 13.1. The second-order valence-corrected chi connectivity index (χ2v) is 4.65. The van der Waals surface area contributed by atoms with Crippen molar-refractivity contribution < 1.29 is 5.11 Å². The molecule has 2 rings (SSSR count). The summed E-state index contributed by atoms with van der Waals surface area (Å²) in [6.45, 7) is 5.48. The number of aryl methyl sites for hydroxylation is 3. The highest BCUT2D eigenvalue weighted by Gasteiger charge is 2.05. The number of aromatic nitrogens is 5. The minimum Gasteiger partial charge on any atom is -0.388 e. The van der Waals surface area contributed by atoms with Crippen molar-refractivity contribution >= 4 is 12.2 Å². The Morgan fingerprint density at radius 3 is 2.78 bits per heavy atom. The topological polar surface area (TPSA) is 71.7 Å². The highest BCUT2D eigenvalue weighted by Crippen LogP contribution is 2.05. The van der Waals surface area contributed by atoms with E-state index in [9.17, 15) is 0 Å². The number of aliphatic hydroxyl groups excluding tert-OH is 1. The number of rotatable bonds is 5. The summed E-state index contributed by atoms with van der Waals surface area (Å²) in [5.74, 6) is 0.577. The third-order valence-corrected chi connectivity index (χ3v) is 3.15. The molecule has 0 amide bonds. The van der Waals surface area contributed by atoms with E-state index in [1.54, 1.807) is 0 Å². The lowest BCUT2D eigenvalue weighted by atomic mass is 10.4. The van der Waals surface area contributed by atoms with Gasteiger partial charge in [-0.25, -0.2) is 0 Å². The fourth-order valence-electron chi connectivity index (χ4n) is 1.98. The van der Waals surface area contributed by atoms with Gasteiger partial charge in [0.05, 0.1) is 5.69 Å². The van der Waals surface area contributed by atoms with E-state index in [1.165, 1.54) is 0 Å². The Morgan fingerprint density at radius 2 is 2.17 bits per heavy atom. The van der Waals surface area contributed by atoms with Crippen LogP contribution in [0.3, 0.4) is 0 Å². The lowest BCUT2D eigenvalue weighted by Crippen LogP contribution is -2.09. The van der Waals surface area contributed by atoms with Crippen LogP contribution in [-0.4, -0.2) is 29.7 Å². The van der Waals surface area contributed by atoms with E-state index in [1.807, 2.05) is 23.1 Å². The summed E-state index contributed by atoms with van der Waals surface area (Å²) in [6.07, 6.45) is 0.892. The van der Waals surface area contributed by atoms with Gasteiger partial charge in [-0.15, -0.1) is 0 Å². The molecule has 7 heteroatoms. The molecular weight excluding hydrogens is 250 g/mol. The van der Waals surface area contributed by atoms with Gasteiger partial charge in [-0.1, -0.05) is 0 Å². The monoisotopic (exact) mass is 267 g/mol. The average molecular weight is 267 g/mol. The van der Waals surface area contributed by atoms with Gasteiger partial charge in [0.2, 0.25) is 0 Å². The molecule has 0 aliphatic carbocycles. The Morgan fingerprint density at radius 1 is 1.39 bits per heavy atom. The van der Waals surface area contributed by atoms with Crippen molar-refractivity contribution in [2.75, 3.05) is 0 Å². The predicted molar refractivity (Wildman–Crippen MR) is 69.7 cm³/mol. The van der Waals surface area contributed by atoms with Crippen molar-refractivity contribution in [1.82, 2.24) is 24.5 Å². The highest BCUT2D eigenvalue weighted by atomic mass is 32.1. The van der Waals surface area contributed by atoms with Crippen molar-refractivity contribution in [2.24, 2.45) is 0 Å². The maximum atomic E-state index is 9.13. The predicted octanol–water partition coefficient (Wildman–Crippen LogP) is 1.34. The Labute approximate surface area is 110 Å². The maximum absolute atomic E-state index is 9.13. The molecule has 0 unspecified atom stereocenters. The number of nitrogens with zero attached hydrogens (tertiary/aromatic N) is 4. The zero-order valence-electron chi connectivity index (χ0n) is 10.6. The molecule has 2 aromatic rings. The lowest BCUT2D eigenvalue weighted by molar-refractivity contribution is 0.263. The Hall–Kier alpha value is -1.47. The van der Waals surface area contributed by atoms with Crippen LogP contribution in [0.4, 0.5) is 0 Å². The van der Waals surface area contributed by atoms with Crippen molar-refractivity contribution in [1.29, 1.82) is 0 Å². The van der Waals surface area contributed by atoms with E-state index >= 15 is 0 Å². The number of nitrogens with one attached hydrogen (secondary N) is 1. The Bertz CT molecular complexity index is 583. The standard InChI is InChI=1S/C11H17N5OS/c1-8-6-9(2)16(14-8)5-3-4-15-10(7-17)12-13-11(15)18/h6,17H,3-5,7H2,1-2H3,(H,13,18). The summed E-state index contributed by atoms with van der Waals surface area (Å²) < 4.78 is 4.35. The lowest BCUT2D eigenvalue weighted by Gasteiger charge is -2.06. The quantitative estimate of drug-likeness (QED) is 0.802. The van der Waals surface area contributed by atoms with Gasteiger partial charge >= 0.3 is 0 Å². The van der Waals surface area contributed by atoms with Crippen LogP contribution in [0, 0.1) is 18.6 Å². The molecule has 0 aromatic carbocycles. The normalized spacial score (nSPS) is 11.1. The average Bonchev–Trinajstić information content (AvgIpc) is 2.83. The van der Waals surface area contributed by atoms with Crippen LogP contribution >= 0.6 is 12.2 Å². The van der Waals surface area contributed by atoms with Crippen molar-refractivity contribution in [3.05, 3.63) is 28.0 Å². The molecular formula is C11H17N5OS. The van der Waals surface area contributed by atoms with Crippen LogP contribution in [0.25, 0.3) is 0 Å². The van der Waals surface area contributed by atoms with Crippen LogP contribution in [0.2, 0.25) is 0 Å². The highest BCUT2D eigenvalue weighted by molar-refractivity contribution is 7.71. The van der Waals surface area contributed by atoms with E-state index in [2.05, 4.69) is 21.4 Å². The summed E-state index contributed by atoms with van der Waals surface area (Å²) in [7, 11) is 0. The number of aliphatic hydroxyl groups is 1. The number of aromatic amines is 1. The Kier molecular flexibility index (Phi) is 3.93. The minimum atomic E-state index is -0.104. The van der Waals surface area contributed by atoms with Gasteiger partial charge in [0.15, 0.2) is 10.6 Å². The first-order chi connectivity index (χ1) is 8.61. The first-order valence-corrected chi connectivity index (χ1v) is 6.28. The van der Waals surface area contributed by atoms with Gasteiger partial charge in [-0.05, 0) is 38.6 Å². The SMILES string of the molecule is Cc1cc(C)n(CCCn2c(CO)n[nH]c2=S)n1. The van der Waals surface area contributed by atoms with E-state index in [0.29, 0.717) is 10.6 Å². The molecule has 0 saturated heterocycles. The van der Waals surface area contributed by atoms with Gasteiger partial charge < -0.3 is 9.67 Å². The van der Waals surface area contributed by atoms with Gasteiger partial charge in [0.1, 0.15) is 6.61 Å². The molecule has 6 nitrogen and oxygen atoms in total. The van der Waals surface area contributed by atoms with E-state index in [4.69, 9.17) is 17.3 Å². The second-order valence-electron chi connectivity index (χ2n) is 4.26. The molecule has 0 aliphatic rings. The molecule has 18 heavy (non-hydrogen) atoms. The largest absolute Gasteiger partial charge is 0.388 e. The molecule has 0 bridgehead atoms. The van der Waals surface area contributed by atoms with E-state index in [-0.39, 0.29) is 6.61 Å². The smallest absolute Gasteiger partial charge is 0.195 e. The number of H-pyrrole nitrogens is 1. The maximum Gasteiger partial charge on any atom is 0.195 e. The van der Waals surface area contributed by atoms with Crippen LogP contribution < -0.4 is 0 Å². The van der Waals surface area contributed by atoms with Crippen LogP contribution in [0.15, 0.2) is 6.07 Å². The minimum absolute atomic E-state index is 0.104. The van der Waals surface area contributed by atoms with Gasteiger partial charge in [0.25, 0.3) is 0 Å². The van der Waals surface area contributed by atoms with Crippen molar-refractivity contribution in [2.45, 2.75) is 40.0 Å². The molecule has 0 radical (unpaired) electrons. The molecule has 2 N–H and O–H groups in total. The molecule has 0 spiro atoms. The number of hydrogen-bond donors (Lipinski definition) is 2. The third kappa shape index (κ3) is 2.68. The number of hydrogen-bond acceptors (Lipinski definition) is 4. The van der Waals surface area contributed by atoms with E-state index < -0.39 is 0 Å². The first-order valence-electron chi connectivity index (χ1n) is 5.88. The van der Waals surface area contributed by atoms with Gasteiger partial charge in [-0.3, -0.25) is 9.78 Å². The van der Waals surface area contributed by atoms with Crippen molar-refractivity contribution in [3.8, 4) is 0 Å². The summed E-state index contributed by atoms with van der Waals surface area (Å²) in [5.41, 5.74) is 2.19. The molecule has 0 fully saturated rings. The summed E-state index contributed by atoms with van der Waals surface area (Å²) in [5, 5.41) is 20.2. The van der Waals surface area contributed by atoms with Crippen LogP contribution in [0.5, 0.6) is 0 Å². The fraction of sp³-hybridized carbons (Fsp3) is 0.545. The molecule has 0 aliphatic heterocycles. The van der Waals surface area contributed by atoms with Gasteiger partial charge in [0, 0.05) is 18.8 Å². The molecule has 2 heterocycles. The van der Waals surface area contributed by atoms with Crippen LogP contribution in [-0.2, 0) is 19.7 Å². The third-order valence-electron chi connectivity index (χ3n) is 2.83.